The van der Waals surface area contributed by atoms with E-state index in [-0.39, 0.29) is 24.0 Å². The molecule has 4 bridgehead atoms. The van der Waals surface area contributed by atoms with E-state index in [0.717, 1.165) is 31.1 Å². The summed E-state index contributed by atoms with van der Waals surface area (Å²) in [7, 11) is 0. The fourth-order valence-electron chi connectivity index (χ4n) is 5.54. The van der Waals surface area contributed by atoms with Crippen LogP contribution in [0.2, 0.25) is 0 Å². The molecule has 4 aliphatic carbocycles. The molecule has 0 heterocycles. The van der Waals surface area contributed by atoms with Crippen molar-refractivity contribution >= 4 is 11.9 Å². The van der Waals surface area contributed by atoms with Crippen LogP contribution in [0.4, 0.5) is 0 Å². The summed E-state index contributed by atoms with van der Waals surface area (Å²) < 4.78 is 6.12. The van der Waals surface area contributed by atoms with E-state index in [1.807, 2.05) is 0 Å². The summed E-state index contributed by atoms with van der Waals surface area (Å²) in [4.78, 5) is 23.6. The zero-order chi connectivity index (χ0) is 16.4. The Morgan fingerprint density at radius 1 is 1.17 bits per heavy atom. The van der Waals surface area contributed by atoms with E-state index in [1.54, 1.807) is 0 Å². The summed E-state index contributed by atoms with van der Waals surface area (Å²) in [6.07, 6.45) is 10.7. The smallest absolute Gasteiger partial charge is 0.325 e. The minimum absolute atomic E-state index is 0.0506. The first kappa shape index (κ1) is 16.5. The van der Waals surface area contributed by atoms with E-state index in [4.69, 9.17) is 4.74 Å². The number of unbranched alkanes of at least 4 members (excludes halogenated alkanes) is 1. The molecule has 0 aromatic carbocycles. The summed E-state index contributed by atoms with van der Waals surface area (Å²) in [5.74, 6) is 2.16. The quantitative estimate of drug-likeness (QED) is 0.579. The third-order valence-corrected chi connectivity index (χ3v) is 6.34. The van der Waals surface area contributed by atoms with E-state index < -0.39 is 0 Å². The van der Waals surface area contributed by atoms with E-state index in [1.165, 1.54) is 38.2 Å². The Kier molecular flexibility index (Phi) is 4.79. The van der Waals surface area contributed by atoms with Gasteiger partial charge < -0.3 is 10.1 Å². The van der Waals surface area contributed by atoms with Gasteiger partial charge in [-0.05, 0) is 74.7 Å². The van der Waals surface area contributed by atoms with Gasteiger partial charge >= 0.3 is 5.97 Å². The lowest BCUT2D eigenvalue weighted by molar-refractivity contribution is -0.211. The lowest BCUT2D eigenvalue weighted by atomic mass is 9.49. The van der Waals surface area contributed by atoms with Gasteiger partial charge in [-0.15, -0.1) is 0 Å². The molecule has 1 amide bonds. The van der Waals surface area contributed by atoms with Crippen LogP contribution in [0.5, 0.6) is 0 Å². The highest BCUT2D eigenvalue weighted by molar-refractivity contribution is 5.89. The standard InChI is InChI=1S/C19H29NO3/c1-3-5-6-19(23-18(22)12-20-17(21)4-2)15-8-13-7-14(10-15)11-16(19)9-13/h4,13-16H,2-3,5-12H2,1H3,(H,20,21). The van der Waals surface area contributed by atoms with Gasteiger partial charge in [0.2, 0.25) is 5.91 Å². The third kappa shape index (κ3) is 3.17. The Morgan fingerprint density at radius 2 is 1.78 bits per heavy atom. The van der Waals surface area contributed by atoms with Gasteiger partial charge in [0.15, 0.2) is 0 Å². The maximum atomic E-state index is 12.4. The average molecular weight is 319 g/mol. The summed E-state index contributed by atoms with van der Waals surface area (Å²) >= 11 is 0. The summed E-state index contributed by atoms with van der Waals surface area (Å²) in [5.41, 5.74) is -0.264. The molecule has 4 rings (SSSR count). The highest BCUT2D eigenvalue weighted by Crippen LogP contribution is 2.61. The fraction of sp³-hybridized carbons (Fsp3) is 0.789. The van der Waals surface area contributed by atoms with Crippen molar-refractivity contribution < 1.29 is 14.3 Å². The molecule has 1 N–H and O–H groups in total. The summed E-state index contributed by atoms with van der Waals surface area (Å²) in [6, 6.07) is 0. The van der Waals surface area contributed by atoms with Gasteiger partial charge in [-0.3, -0.25) is 9.59 Å². The third-order valence-electron chi connectivity index (χ3n) is 6.34. The highest BCUT2D eigenvalue weighted by Gasteiger charge is 2.58. The molecule has 0 spiro atoms. The Labute approximate surface area is 139 Å². The van der Waals surface area contributed by atoms with Crippen molar-refractivity contribution in [3.8, 4) is 0 Å². The second kappa shape index (κ2) is 6.66. The Balaban J connectivity index is 1.71. The molecule has 0 unspecified atom stereocenters. The number of rotatable bonds is 7. The summed E-state index contributed by atoms with van der Waals surface area (Å²) in [5, 5.41) is 2.55. The molecule has 4 fully saturated rings. The van der Waals surface area contributed by atoms with Gasteiger partial charge in [0.05, 0.1) is 0 Å². The Morgan fingerprint density at radius 3 is 2.30 bits per heavy atom. The number of nitrogens with one attached hydrogen (secondary N) is 1. The maximum absolute atomic E-state index is 12.4. The Bertz CT molecular complexity index is 457. The minimum atomic E-state index is -0.324. The molecule has 0 radical (unpaired) electrons. The van der Waals surface area contributed by atoms with Gasteiger partial charge in [-0.1, -0.05) is 19.9 Å². The second-order valence-corrected chi connectivity index (χ2v) is 7.76. The summed E-state index contributed by atoms with van der Waals surface area (Å²) in [6.45, 7) is 5.54. The number of esters is 1. The van der Waals surface area contributed by atoms with Gasteiger partial charge in [0.25, 0.3) is 0 Å². The van der Waals surface area contributed by atoms with Crippen molar-refractivity contribution in [3.63, 3.8) is 0 Å². The largest absolute Gasteiger partial charge is 0.457 e. The maximum Gasteiger partial charge on any atom is 0.325 e. The molecule has 0 aliphatic heterocycles. The van der Waals surface area contributed by atoms with Crippen LogP contribution in [0.3, 0.4) is 0 Å². The first-order valence-corrected chi connectivity index (χ1v) is 9.19. The van der Waals surface area contributed by atoms with Crippen molar-refractivity contribution in [2.24, 2.45) is 23.7 Å². The van der Waals surface area contributed by atoms with Crippen LogP contribution in [0.15, 0.2) is 12.7 Å². The van der Waals surface area contributed by atoms with Crippen LogP contribution in [0.25, 0.3) is 0 Å². The number of hydrogen-bond donors (Lipinski definition) is 1. The molecule has 4 aliphatic rings. The highest BCUT2D eigenvalue weighted by atomic mass is 16.6. The molecule has 4 nitrogen and oxygen atoms in total. The molecule has 0 aromatic rings. The molecule has 0 saturated heterocycles. The van der Waals surface area contributed by atoms with Crippen LogP contribution < -0.4 is 5.32 Å². The number of carbonyl (C=O) groups is 2. The van der Waals surface area contributed by atoms with Crippen molar-refractivity contribution in [2.45, 2.75) is 63.9 Å². The van der Waals surface area contributed by atoms with Crippen molar-refractivity contribution in [2.75, 3.05) is 6.54 Å². The van der Waals surface area contributed by atoms with Gasteiger partial charge in [0, 0.05) is 0 Å². The molecular weight excluding hydrogens is 290 g/mol. The van der Waals surface area contributed by atoms with Crippen molar-refractivity contribution in [1.82, 2.24) is 5.32 Å². The van der Waals surface area contributed by atoms with Crippen molar-refractivity contribution in [1.29, 1.82) is 0 Å². The van der Waals surface area contributed by atoms with E-state index >= 15 is 0 Å². The molecule has 128 valence electrons. The number of carbonyl (C=O) groups excluding carboxylic acids is 2. The molecule has 0 aromatic heterocycles. The SMILES string of the molecule is C=CC(=O)NCC(=O)OC1(CCCC)C2CC3CC(C2)CC1C3. The molecular formula is C19H29NO3. The van der Waals surface area contributed by atoms with Gasteiger partial charge in [-0.25, -0.2) is 0 Å². The topological polar surface area (TPSA) is 55.4 Å². The molecule has 23 heavy (non-hydrogen) atoms. The minimum Gasteiger partial charge on any atom is -0.457 e. The zero-order valence-electron chi connectivity index (χ0n) is 14.2. The van der Waals surface area contributed by atoms with Crippen LogP contribution >= 0.6 is 0 Å². The first-order valence-electron chi connectivity index (χ1n) is 9.19. The van der Waals surface area contributed by atoms with Crippen LogP contribution in [0.1, 0.15) is 58.3 Å². The Hall–Kier alpha value is -1.32. The predicted octanol–water partition coefficient (Wildman–Crippen LogP) is 3.22. The normalized spacial score (nSPS) is 37.4. The lowest BCUT2D eigenvalue weighted by Gasteiger charge is -2.60. The van der Waals surface area contributed by atoms with E-state index in [2.05, 4.69) is 18.8 Å². The van der Waals surface area contributed by atoms with Gasteiger partial charge in [-0.2, -0.15) is 0 Å². The second-order valence-electron chi connectivity index (χ2n) is 7.76. The average Bonchev–Trinajstić information content (AvgIpc) is 2.54. The number of ether oxygens (including phenoxy) is 1. The molecule has 4 saturated carbocycles. The number of amides is 1. The van der Waals surface area contributed by atoms with E-state index in [9.17, 15) is 9.59 Å². The number of hydrogen-bond acceptors (Lipinski definition) is 3. The van der Waals surface area contributed by atoms with E-state index in [0.29, 0.717) is 11.8 Å². The molecule has 0 atom stereocenters. The van der Waals surface area contributed by atoms with Crippen LogP contribution in [0, 0.1) is 23.7 Å². The first-order chi connectivity index (χ1) is 11.1. The zero-order valence-corrected chi connectivity index (χ0v) is 14.2. The molecule has 4 heteroatoms. The van der Waals surface area contributed by atoms with Crippen LogP contribution in [-0.4, -0.2) is 24.0 Å². The predicted molar refractivity (Wildman–Crippen MR) is 88.6 cm³/mol. The van der Waals surface area contributed by atoms with Crippen LogP contribution in [-0.2, 0) is 14.3 Å². The van der Waals surface area contributed by atoms with Gasteiger partial charge in [0.1, 0.15) is 12.1 Å². The van der Waals surface area contributed by atoms with Crippen molar-refractivity contribution in [3.05, 3.63) is 12.7 Å². The lowest BCUT2D eigenvalue weighted by Crippen LogP contribution is -2.60. The monoisotopic (exact) mass is 319 g/mol. The fourth-order valence-corrected chi connectivity index (χ4v) is 5.54.